The Morgan fingerprint density at radius 2 is 2.33 bits per heavy atom. The van der Waals surface area contributed by atoms with E-state index in [0.717, 1.165) is 12.6 Å². The molecule has 0 saturated carbocycles. The van der Waals surface area contributed by atoms with Crippen molar-refractivity contribution in [3.05, 3.63) is 0 Å². The van der Waals surface area contributed by atoms with Crippen LogP contribution in [0.3, 0.4) is 0 Å². The van der Waals surface area contributed by atoms with Crippen molar-refractivity contribution in [3.63, 3.8) is 0 Å². The summed E-state index contributed by atoms with van der Waals surface area (Å²) in [4.78, 5) is 0. The molecule has 3 atom stereocenters. The zero-order valence-electron chi connectivity index (χ0n) is 5.55. The topological polar surface area (TPSA) is 9.23 Å². The third kappa shape index (κ3) is 2.27. The fourth-order valence-electron chi connectivity index (χ4n) is 1.10. The molecule has 0 aromatic rings. The maximum atomic E-state index is 5.57. The molecule has 3 heteroatoms. The Bertz CT molecular complexity index is 89.1. The largest absolute Gasteiger partial charge is 0.384 e. The lowest BCUT2D eigenvalue weighted by Crippen LogP contribution is -2.28. The molecule has 9 heavy (non-hydrogen) atoms. The third-order valence-electron chi connectivity index (χ3n) is 1.64. The first kappa shape index (κ1) is 7.56. The van der Waals surface area contributed by atoms with E-state index in [9.17, 15) is 0 Å². The van der Waals surface area contributed by atoms with Crippen molar-refractivity contribution in [1.82, 2.24) is 0 Å². The summed E-state index contributed by atoms with van der Waals surface area (Å²) >= 11 is 0. The molecule has 0 spiro atoms. The van der Waals surface area contributed by atoms with Crippen LogP contribution in [-0.4, -0.2) is 26.1 Å². The van der Waals surface area contributed by atoms with E-state index >= 15 is 0 Å². The molecule has 0 amide bonds. The summed E-state index contributed by atoms with van der Waals surface area (Å²) in [6.45, 7) is 0. The van der Waals surface area contributed by atoms with E-state index in [4.69, 9.17) is 12.6 Å². The molecule has 1 rings (SSSR count). The summed E-state index contributed by atoms with van der Waals surface area (Å²) in [5.74, 6) is 0. The molecule has 0 aliphatic carbocycles. The lowest BCUT2D eigenvalue weighted by atomic mass is 9.91. The Morgan fingerprint density at radius 3 is 2.78 bits per heavy atom. The first-order valence-corrected chi connectivity index (χ1v) is 4.25. The average Bonchev–Trinajstić information content (AvgIpc) is 1.88. The standard InChI is InChI=1S/C6H12BOP/c7-6-3-1-2-5(4-9)8-6/h5-6H,1-4,9H2. The zero-order chi connectivity index (χ0) is 6.69. The molecule has 1 heterocycles. The first-order valence-electron chi connectivity index (χ1n) is 3.44. The first-order chi connectivity index (χ1) is 4.33. The Morgan fingerprint density at radius 1 is 1.56 bits per heavy atom. The van der Waals surface area contributed by atoms with Gasteiger partial charge in [-0.25, -0.2) is 0 Å². The van der Waals surface area contributed by atoms with Crippen molar-refractivity contribution < 1.29 is 4.74 Å². The van der Waals surface area contributed by atoms with Crippen molar-refractivity contribution in [3.8, 4) is 0 Å². The molecule has 2 radical (unpaired) electrons. The molecule has 0 N–H and O–H groups in total. The fourth-order valence-corrected chi connectivity index (χ4v) is 1.45. The van der Waals surface area contributed by atoms with Gasteiger partial charge in [-0.3, -0.25) is 0 Å². The SMILES string of the molecule is [B]C1CCCC(CP)O1. The Kier molecular flexibility index (Phi) is 3.01. The van der Waals surface area contributed by atoms with Gasteiger partial charge < -0.3 is 4.74 Å². The molecule has 1 aliphatic rings. The molecule has 50 valence electrons. The second-order valence-corrected chi connectivity index (χ2v) is 2.93. The van der Waals surface area contributed by atoms with Crippen LogP contribution in [-0.2, 0) is 4.74 Å². The molecular formula is C6H12BOP. The van der Waals surface area contributed by atoms with E-state index in [-0.39, 0.29) is 6.00 Å². The molecular weight excluding hydrogens is 130 g/mol. The Labute approximate surface area is 60.2 Å². The van der Waals surface area contributed by atoms with Gasteiger partial charge in [0.1, 0.15) is 7.85 Å². The maximum Gasteiger partial charge on any atom is 0.108 e. The summed E-state index contributed by atoms with van der Waals surface area (Å²) in [6.07, 6.45) is 4.85. The van der Waals surface area contributed by atoms with E-state index in [2.05, 4.69) is 9.24 Å². The predicted molar refractivity (Wildman–Crippen MR) is 42.8 cm³/mol. The van der Waals surface area contributed by atoms with Gasteiger partial charge in [-0.1, -0.05) is 0 Å². The van der Waals surface area contributed by atoms with E-state index in [1.165, 1.54) is 12.8 Å². The van der Waals surface area contributed by atoms with Gasteiger partial charge in [-0.05, 0) is 25.4 Å². The number of hydrogen-bond donors (Lipinski definition) is 0. The van der Waals surface area contributed by atoms with E-state index in [1.54, 1.807) is 0 Å². The van der Waals surface area contributed by atoms with Gasteiger partial charge in [-0.15, -0.1) is 9.24 Å². The Hall–Kier alpha value is 0.455. The minimum Gasteiger partial charge on any atom is -0.384 e. The van der Waals surface area contributed by atoms with E-state index < -0.39 is 0 Å². The second-order valence-electron chi connectivity index (χ2n) is 2.46. The monoisotopic (exact) mass is 142 g/mol. The van der Waals surface area contributed by atoms with Gasteiger partial charge >= 0.3 is 0 Å². The van der Waals surface area contributed by atoms with Crippen LogP contribution in [0.5, 0.6) is 0 Å². The van der Waals surface area contributed by atoms with Crippen LogP contribution in [0, 0.1) is 0 Å². The zero-order valence-corrected chi connectivity index (χ0v) is 6.70. The van der Waals surface area contributed by atoms with Gasteiger partial charge in [0.15, 0.2) is 0 Å². The molecule has 1 saturated heterocycles. The second kappa shape index (κ2) is 3.58. The number of ether oxygens (including phenoxy) is 1. The average molecular weight is 142 g/mol. The quantitative estimate of drug-likeness (QED) is 0.390. The van der Waals surface area contributed by atoms with E-state index in [0.29, 0.717) is 6.10 Å². The molecule has 0 bridgehead atoms. The number of hydrogen-bond acceptors (Lipinski definition) is 1. The summed E-state index contributed by atoms with van der Waals surface area (Å²) in [5.41, 5.74) is 0. The van der Waals surface area contributed by atoms with Crippen molar-refractivity contribution in [2.75, 3.05) is 6.16 Å². The van der Waals surface area contributed by atoms with Crippen LogP contribution in [0.25, 0.3) is 0 Å². The normalized spacial score (nSPS) is 36.6. The molecule has 1 nitrogen and oxygen atoms in total. The fraction of sp³-hybridized carbons (Fsp3) is 1.00. The van der Waals surface area contributed by atoms with Crippen LogP contribution in [0.1, 0.15) is 19.3 Å². The summed E-state index contributed by atoms with van der Waals surface area (Å²) in [5, 5.41) is 0. The van der Waals surface area contributed by atoms with Crippen LogP contribution in [0.15, 0.2) is 0 Å². The van der Waals surface area contributed by atoms with Crippen molar-refractivity contribution >= 4 is 17.1 Å². The lowest BCUT2D eigenvalue weighted by molar-refractivity contribution is 0.00620. The predicted octanol–water partition coefficient (Wildman–Crippen LogP) is 0.925. The molecule has 1 fully saturated rings. The van der Waals surface area contributed by atoms with Crippen molar-refractivity contribution in [2.45, 2.75) is 31.4 Å². The molecule has 3 unspecified atom stereocenters. The lowest BCUT2D eigenvalue weighted by Gasteiger charge is -2.26. The van der Waals surface area contributed by atoms with Crippen molar-refractivity contribution in [1.29, 1.82) is 0 Å². The maximum absolute atomic E-state index is 5.57. The summed E-state index contributed by atoms with van der Waals surface area (Å²) in [6, 6.07) is 0.00398. The molecule has 0 aromatic carbocycles. The van der Waals surface area contributed by atoms with Crippen LogP contribution >= 0.6 is 9.24 Å². The van der Waals surface area contributed by atoms with Crippen LogP contribution in [0.4, 0.5) is 0 Å². The highest BCUT2D eigenvalue weighted by molar-refractivity contribution is 7.16. The van der Waals surface area contributed by atoms with Gasteiger partial charge in [-0.2, -0.15) is 0 Å². The highest BCUT2D eigenvalue weighted by atomic mass is 31.0. The van der Waals surface area contributed by atoms with Gasteiger partial charge in [0.2, 0.25) is 0 Å². The van der Waals surface area contributed by atoms with Crippen molar-refractivity contribution in [2.24, 2.45) is 0 Å². The summed E-state index contributed by atoms with van der Waals surface area (Å²) < 4.78 is 5.39. The molecule has 0 aromatic heterocycles. The van der Waals surface area contributed by atoms with Gasteiger partial charge in [0.05, 0.1) is 6.10 Å². The van der Waals surface area contributed by atoms with E-state index in [1.807, 2.05) is 0 Å². The molecule has 1 aliphatic heterocycles. The van der Waals surface area contributed by atoms with Gasteiger partial charge in [0.25, 0.3) is 0 Å². The highest BCUT2D eigenvalue weighted by Crippen LogP contribution is 2.17. The Balaban J connectivity index is 2.23. The van der Waals surface area contributed by atoms with Gasteiger partial charge in [0, 0.05) is 6.00 Å². The minimum absolute atomic E-state index is 0.00398. The minimum atomic E-state index is 0.00398. The van der Waals surface area contributed by atoms with Crippen LogP contribution in [0.2, 0.25) is 0 Å². The number of rotatable bonds is 1. The third-order valence-corrected chi connectivity index (χ3v) is 2.17. The highest BCUT2D eigenvalue weighted by Gasteiger charge is 2.16. The smallest absolute Gasteiger partial charge is 0.108 e. The van der Waals surface area contributed by atoms with Crippen LogP contribution < -0.4 is 0 Å². The summed E-state index contributed by atoms with van der Waals surface area (Å²) in [7, 11) is 8.25.